The first-order chi connectivity index (χ1) is 16.6. The Morgan fingerprint density at radius 2 is 1.76 bits per heavy atom. The molecule has 1 amide bonds. The molecule has 2 aromatic carbocycles. The Labute approximate surface area is 207 Å². The predicted molar refractivity (Wildman–Crippen MR) is 137 cm³/mol. The molecule has 2 aliphatic rings. The van der Waals surface area contributed by atoms with Gasteiger partial charge in [0.15, 0.2) is 6.61 Å². The maximum absolute atomic E-state index is 12.6. The van der Waals surface area contributed by atoms with E-state index >= 15 is 0 Å². The summed E-state index contributed by atoms with van der Waals surface area (Å²) in [6.07, 6.45) is 4.29. The van der Waals surface area contributed by atoms with Crippen LogP contribution in [0.25, 0.3) is 0 Å². The van der Waals surface area contributed by atoms with Gasteiger partial charge in [-0.05, 0) is 54.8 Å². The largest absolute Gasteiger partial charge is 0.484 e. The summed E-state index contributed by atoms with van der Waals surface area (Å²) in [4.78, 5) is 19.3. The summed E-state index contributed by atoms with van der Waals surface area (Å²) in [6.45, 7) is 10.4. The van der Waals surface area contributed by atoms with Crippen LogP contribution in [-0.2, 0) is 9.53 Å². The van der Waals surface area contributed by atoms with E-state index in [0.717, 1.165) is 32.7 Å². The van der Waals surface area contributed by atoms with Crippen LogP contribution in [0.2, 0.25) is 5.02 Å². The lowest BCUT2D eigenvalue weighted by atomic mass is 10.1. The molecule has 6 nitrogen and oxygen atoms in total. The number of halogens is 1. The third-order valence-electron chi connectivity index (χ3n) is 6.45. The zero-order valence-corrected chi connectivity index (χ0v) is 20.5. The Kier molecular flexibility index (Phi) is 8.85. The van der Waals surface area contributed by atoms with Crippen LogP contribution < -0.4 is 9.64 Å². The Morgan fingerprint density at radius 3 is 2.47 bits per heavy atom. The summed E-state index contributed by atoms with van der Waals surface area (Å²) in [5.74, 6) is 0.655. The zero-order chi connectivity index (χ0) is 23.8. The van der Waals surface area contributed by atoms with Crippen molar-refractivity contribution in [3.63, 3.8) is 0 Å². The van der Waals surface area contributed by atoms with Crippen LogP contribution in [0, 0.1) is 0 Å². The lowest BCUT2D eigenvalue weighted by Crippen LogP contribution is -2.50. The van der Waals surface area contributed by atoms with E-state index in [1.165, 1.54) is 24.1 Å². The number of hydrogen-bond acceptors (Lipinski definition) is 5. The SMILES string of the molecule is C=CCOC(CN1CCN(C(=O)COc2ccc(Cl)cc2)CC1)c1cccc(N2CCCC2)c1. The van der Waals surface area contributed by atoms with Crippen LogP contribution in [-0.4, -0.2) is 74.7 Å². The number of amides is 1. The van der Waals surface area contributed by atoms with Crippen molar-refractivity contribution < 1.29 is 14.3 Å². The highest BCUT2D eigenvalue weighted by molar-refractivity contribution is 6.30. The average molecular weight is 484 g/mol. The van der Waals surface area contributed by atoms with E-state index < -0.39 is 0 Å². The summed E-state index contributed by atoms with van der Waals surface area (Å²) < 4.78 is 11.8. The molecule has 0 spiro atoms. The number of anilines is 1. The quantitative estimate of drug-likeness (QED) is 0.468. The van der Waals surface area contributed by atoms with Gasteiger partial charge in [0.1, 0.15) is 5.75 Å². The van der Waals surface area contributed by atoms with Crippen molar-refractivity contribution in [2.75, 3.05) is 63.9 Å². The van der Waals surface area contributed by atoms with E-state index in [1.54, 1.807) is 30.3 Å². The minimum Gasteiger partial charge on any atom is -0.484 e. The van der Waals surface area contributed by atoms with Crippen LogP contribution >= 0.6 is 11.6 Å². The van der Waals surface area contributed by atoms with Crippen molar-refractivity contribution in [2.45, 2.75) is 18.9 Å². The average Bonchev–Trinajstić information content (AvgIpc) is 3.42. The van der Waals surface area contributed by atoms with Gasteiger partial charge in [-0.25, -0.2) is 0 Å². The standard InChI is InChI=1S/C27H34ClN3O3/c1-2-18-33-26(22-6-5-7-24(19-22)30-12-3-4-13-30)20-29-14-16-31(17-15-29)27(32)21-34-25-10-8-23(28)9-11-25/h2,5-11,19,26H,1,3-4,12-18,20-21H2. The van der Waals surface area contributed by atoms with Gasteiger partial charge in [-0.2, -0.15) is 0 Å². The molecule has 7 heteroatoms. The lowest BCUT2D eigenvalue weighted by Gasteiger charge is -2.36. The third-order valence-corrected chi connectivity index (χ3v) is 6.71. The fraction of sp³-hybridized carbons (Fsp3) is 0.444. The van der Waals surface area contributed by atoms with Gasteiger partial charge in [0.25, 0.3) is 5.91 Å². The molecule has 0 aromatic heterocycles. The van der Waals surface area contributed by atoms with Gasteiger partial charge in [0, 0.05) is 56.5 Å². The minimum absolute atomic E-state index is 0.00683. The minimum atomic E-state index is -0.0314. The van der Waals surface area contributed by atoms with Crippen LogP contribution in [0.1, 0.15) is 24.5 Å². The number of carbonyl (C=O) groups excluding carboxylic acids is 1. The summed E-state index contributed by atoms with van der Waals surface area (Å²) in [6, 6.07) is 15.8. The Morgan fingerprint density at radius 1 is 1.03 bits per heavy atom. The molecule has 0 aliphatic carbocycles. The van der Waals surface area contributed by atoms with E-state index in [-0.39, 0.29) is 18.6 Å². The second-order valence-corrected chi connectivity index (χ2v) is 9.26. The van der Waals surface area contributed by atoms with Gasteiger partial charge < -0.3 is 19.3 Å². The van der Waals surface area contributed by atoms with Crippen LogP contribution in [0.5, 0.6) is 5.75 Å². The number of hydrogen-bond donors (Lipinski definition) is 0. The molecule has 0 saturated carbocycles. The van der Waals surface area contributed by atoms with Crippen LogP contribution in [0.3, 0.4) is 0 Å². The Balaban J connectivity index is 1.29. The van der Waals surface area contributed by atoms with Gasteiger partial charge in [0.05, 0.1) is 12.7 Å². The molecular formula is C27H34ClN3O3. The number of rotatable bonds is 10. The molecule has 34 heavy (non-hydrogen) atoms. The van der Waals surface area contributed by atoms with Crippen molar-refractivity contribution in [3.05, 3.63) is 71.8 Å². The van der Waals surface area contributed by atoms with Crippen molar-refractivity contribution in [1.29, 1.82) is 0 Å². The van der Waals surface area contributed by atoms with Gasteiger partial charge >= 0.3 is 0 Å². The van der Waals surface area contributed by atoms with Gasteiger partial charge in [0.2, 0.25) is 0 Å². The lowest BCUT2D eigenvalue weighted by molar-refractivity contribution is -0.135. The molecule has 0 N–H and O–H groups in total. The van der Waals surface area contributed by atoms with Gasteiger partial charge in [-0.15, -0.1) is 6.58 Å². The molecular weight excluding hydrogens is 450 g/mol. The first-order valence-electron chi connectivity index (χ1n) is 12.1. The maximum Gasteiger partial charge on any atom is 0.260 e. The van der Waals surface area contributed by atoms with E-state index in [0.29, 0.717) is 30.5 Å². The van der Waals surface area contributed by atoms with E-state index in [9.17, 15) is 4.79 Å². The molecule has 2 heterocycles. The number of carbonyl (C=O) groups is 1. The van der Waals surface area contributed by atoms with E-state index in [1.807, 2.05) is 4.90 Å². The van der Waals surface area contributed by atoms with E-state index in [2.05, 4.69) is 40.6 Å². The molecule has 1 unspecified atom stereocenters. The predicted octanol–water partition coefficient (Wildman–Crippen LogP) is 4.41. The normalized spacial score (nSPS) is 17.6. The smallest absolute Gasteiger partial charge is 0.260 e. The molecule has 0 bridgehead atoms. The van der Waals surface area contributed by atoms with Gasteiger partial charge in [-0.3, -0.25) is 9.69 Å². The molecule has 2 saturated heterocycles. The molecule has 2 fully saturated rings. The van der Waals surface area contributed by atoms with Crippen molar-refractivity contribution in [1.82, 2.24) is 9.80 Å². The highest BCUT2D eigenvalue weighted by Crippen LogP contribution is 2.27. The van der Waals surface area contributed by atoms with E-state index in [4.69, 9.17) is 21.1 Å². The molecule has 182 valence electrons. The number of benzene rings is 2. The first-order valence-corrected chi connectivity index (χ1v) is 12.5. The molecule has 2 aromatic rings. The number of nitrogens with zero attached hydrogens (tertiary/aromatic N) is 3. The Bertz CT molecular complexity index is 938. The Hall–Kier alpha value is -2.54. The van der Waals surface area contributed by atoms with Crippen molar-refractivity contribution in [3.8, 4) is 5.75 Å². The molecule has 2 aliphatic heterocycles. The van der Waals surface area contributed by atoms with Gasteiger partial charge in [-0.1, -0.05) is 29.8 Å². The molecule has 4 rings (SSSR count). The second-order valence-electron chi connectivity index (χ2n) is 8.82. The summed E-state index contributed by atoms with van der Waals surface area (Å²) in [5, 5.41) is 0.646. The topological polar surface area (TPSA) is 45.3 Å². The van der Waals surface area contributed by atoms with Crippen LogP contribution in [0.4, 0.5) is 5.69 Å². The maximum atomic E-state index is 12.6. The zero-order valence-electron chi connectivity index (χ0n) is 19.7. The summed E-state index contributed by atoms with van der Waals surface area (Å²) in [7, 11) is 0. The monoisotopic (exact) mass is 483 g/mol. The highest BCUT2D eigenvalue weighted by atomic mass is 35.5. The summed E-state index contributed by atoms with van der Waals surface area (Å²) in [5.41, 5.74) is 2.47. The second kappa shape index (κ2) is 12.2. The molecule has 1 atom stereocenters. The number of ether oxygens (including phenoxy) is 2. The fourth-order valence-electron chi connectivity index (χ4n) is 4.52. The number of piperazine rings is 1. The fourth-order valence-corrected chi connectivity index (χ4v) is 4.64. The van der Waals surface area contributed by atoms with Crippen LogP contribution in [0.15, 0.2) is 61.2 Å². The molecule has 0 radical (unpaired) electrons. The van der Waals surface area contributed by atoms with Crippen molar-refractivity contribution in [2.24, 2.45) is 0 Å². The highest BCUT2D eigenvalue weighted by Gasteiger charge is 2.25. The first kappa shape index (κ1) is 24.6. The third kappa shape index (κ3) is 6.75. The van der Waals surface area contributed by atoms with Crippen molar-refractivity contribution >= 4 is 23.2 Å². The summed E-state index contributed by atoms with van der Waals surface area (Å²) >= 11 is 5.90.